The molecule has 0 atom stereocenters. The zero-order valence-corrected chi connectivity index (χ0v) is 11.0. The quantitative estimate of drug-likeness (QED) is 0.661. The highest BCUT2D eigenvalue weighted by atomic mass is 16.3. The number of amides is 1. The van der Waals surface area contributed by atoms with Gasteiger partial charge in [0.1, 0.15) is 0 Å². The predicted octanol–water partition coefficient (Wildman–Crippen LogP) is 1.27. The fraction of sp³-hybridized carbons (Fsp3) is 0.923. The lowest BCUT2D eigenvalue weighted by atomic mass is 9.86. The number of hydrogen-bond donors (Lipinski definition) is 2. The molecule has 0 unspecified atom stereocenters. The summed E-state index contributed by atoms with van der Waals surface area (Å²) >= 11 is 0. The molecule has 1 amide bonds. The Morgan fingerprint density at radius 3 is 2.53 bits per heavy atom. The van der Waals surface area contributed by atoms with Crippen LogP contribution >= 0.6 is 0 Å². The summed E-state index contributed by atoms with van der Waals surface area (Å²) < 4.78 is 0. The second-order valence-electron chi connectivity index (χ2n) is 5.24. The van der Waals surface area contributed by atoms with Crippen molar-refractivity contribution in [3.8, 4) is 0 Å². The van der Waals surface area contributed by atoms with E-state index in [-0.39, 0.29) is 5.91 Å². The summed E-state index contributed by atoms with van der Waals surface area (Å²) in [5.41, 5.74) is 4.67. The highest BCUT2D eigenvalue weighted by Gasteiger charge is 2.31. The van der Waals surface area contributed by atoms with Crippen LogP contribution in [0.15, 0.2) is 0 Å². The van der Waals surface area contributed by atoms with Crippen LogP contribution in [-0.4, -0.2) is 41.1 Å². The number of aliphatic hydroxyl groups is 1. The van der Waals surface area contributed by atoms with E-state index in [1.807, 2.05) is 0 Å². The predicted molar refractivity (Wildman–Crippen MR) is 68.6 cm³/mol. The molecule has 0 spiro atoms. The molecule has 1 rings (SSSR count). The summed E-state index contributed by atoms with van der Waals surface area (Å²) in [6.45, 7) is 4.68. The smallest absolute Gasteiger partial charge is 0.218 e. The molecule has 17 heavy (non-hydrogen) atoms. The minimum absolute atomic E-state index is 0.242. The number of carbonyl (C=O) groups excluding carboxylic acids is 1. The van der Waals surface area contributed by atoms with Crippen molar-refractivity contribution in [1.29, 1.82) is 0 Å². The van der Waals surface area contributed by atoms with Crippen LogP contribution in [0.4, 0.5) is 0 Å². The molecule has 0 aliphatic carbocycles. The zero-order valence-electron chi connectivity index (χ0n) is 11.0. The molecule has 0 saturated carbocycles. The Kier molecular flexibility index (Phi) is 5.92. The first-order valence-electron chi connectivity index (χ1n) is 6.79. The molecule has 0 radical (unpaired) electrons. The fourth-order valence-corrected chi connectivity index (χ4v) is 2.42. The molecule has 0 aromatic carbocycles. The van der Waals surface area contributed by atoms with Gasteiger partial charge >= 0.3 is 0 Å². The van der Waals surface area contributed by atoms with Crippen molar-refractivity contribution in [2.45, 2.75) is 57.5 Å². The van der Waals surface area contributed by atoms with E-state index in [0.717, 1.165) is 45.3 Å². The molecule has 3 N–H and O–H groups in total. The van der Waals surface area contributed by atoms with Crippen molar-refractivity contribution in [2.75, 3.05) is 19.6 Å². The van der Waals surface area contributed by atoms with Gasteiger partial charge in [0.15, 0.2) is 0 Å². The second kappa shape index (κ2) is 6.97. The van der Waals surface area contributed by atoms with Gasteiger partial charge in [0.05, 0.1) is 5.60 Å². The van der Waals surface area contributed by atoms with Crippen LogP contribution in [0, 0.1) is 0 Å². The van der Waals surface area contributed by atoms with Gasteiger partial charge < -0.3 is 15.7 Å². The lowest BCUT2D eigenvalue weighted by Gasteiger charge is -2.38. The Hall–Kier alpha value is -0.610. The summed E-state index contributed by atoms with van der Waals surface area (Å²) in [5, 5.41) is 10.4. The normalized spacial score (nSPS) is 20.4. The van der Waals surface area contributed by atoms with E-state index >= 15 is 0 Å². The molecule has 0 bridgehead atoms. The number of carbonyl (C=O) groups is 1. The van der Waals surface area contributed by atoms with Crippen LogP contribution in [0.3, 0.4) is 0 Å². The third-order valence-corrected chi connectivity index (χ3v) is 3.71. The van der Waals surface area contributed by atoms with Gasteiger partial charge in [-0.2, -0.15) is 0 Å². The number of unbranched alkanes of at least 4 members (excludes halogenated alkanes) is 2. The maximum absolute atomic E-state index is 10.7. The standard InChI is InChI=1S/C13H26N2O2/c1-2-3-4-6-13(17)7-10-15(11-8-13)9-5-12(14)16/h17H,2-11H2,1H3,(H2,14,16). The topological polar surface area (TPSA) is 66.6 Å². The van der Waals surface area contributed by atoms with Gasteiger partial charge in [-0.15, -0.1) is 0 Å². The average molecular weight is 242 g/mol. The van der Waals surface area contributed by atoms with E-state index in [0.29, 0.717) is 6.42 Å². The van der Waals surface area contributed by atoms with Gasteiger partial charge in [0, 0.05) is 26.1 Å². The largest absolute Gasteiger partial charge is 0.390 e. The molecule has 1 saturated heterocycles. The number of nitrogens with two attached hydrogens (primary N) is 1. The first kappa shape index (κ1) is 14.5. The van der Waals surface area contributed by atoms with Crippen molar-refractivity contribution < 1.29 is 9.90 Å². The van der Waals surface area contributed by atoms with Gasteiger partial charge in [0.2, 0.25) is 5.91 Å². The summed E-state index contributed by atoms with van der Waals surface area (Å²) in [6, 6.07) is 0. The highest BCUT2D eigenvalue weighted by Crippen LogP contribution is 2.27. The van der Waals surface area contributed by atoms with Crippen LogP contribution < -0.4 is 5.73 Å². The van der Waals surface area contributed by atoms with Crippen LogP contribution in [0.5, 0.6) is 0 Å². The van der Waals surface area contributed by atoms with E-state index in [2.05, 4.69) is 11.8 Å². The Labute approximate surface area is 104 Å². The van der Waals surface area contributed by atoms with E-state index in [4.69, 9.17) is 5.73 Å². The summed E-state index contributed by atoms with van der Waals surface area (Å²) in [5.74, 6) is -0.242. The van der Waals surface area contributed by atoms with Gasteiger partial charge in [-0.1, -0.05) is 26.2 Å². The van der Waals surface area contributed by atoms with Crippen LogP contribution in [0.2, 0.25) is 0 Å². The number of rotatable bonds is 7. The van der Waals surface area contributed by atoms with Crippen LogP contribution in [0.1, 0.15) is 51.9 Å². The van der Waals surface area contributed by atoms with Crippen LogP contribution in [-0.2, 0) is 4.79 Å². The molecule has 1 fully saturated rings. The average Bonchev–Trinajstić information content (AvgIpc) is 2.29. The first-order valence-corrected chi connectivity index (χ1v) is 6.79. The third-order valence-electron chi connectivity index (χ3n) is 3.71. The lowest BCUT2D eigenvalue weighted by molar-refractivity contribution is -0.118. The molecule has 4 heteroatoms. The minimum atomic E-state index is -0.460. The summed E-state index contributed by atoms with van der Waals surface area (Å²) in [6.07, 6.45) is 6.52. The van der Waals surface area contributed by atoms with Gasteiger partial charge in [-0.3, -0.25) is 4.79 Å². The summed E-state index contributed by atoms with van der Waals surface area (Å²) in [7, 11) is 0. The molecule has 1 aliphatic rings. The van der Waals surface area contributed by atoms with Crippen LogP contribution in [0.25, 0.3) is 0 Å². The van der Waals surface area contributed by atoms with Gasteiger partial charge in [-0.25, -0.2) is 0 Å². The first-order chi connectivity index (χ1) is 8.06. The Morgan fingerprint density at radius 2 is 2.00 bits per heavy atom. The number of likely N-dealkylation sites (tertiary alicyclic amines) is 1. The number of piperidine rings is 1. The molecular formula is C13H26N2O2. The SMILES string of the molecule is CCCCCC1(O)CCN(CCC(N)=O)CC1. The summed E-state index contributed by atoms with van der Waals surface area (Å²) in [4.78, 5) is 12.9. The maximum Gasteiger partial charge on any atom is 0.218 e. The van der Waals surface area contributed by atoms with Crippen molar-refractivity contribution in [2.24, 2.45) is 5.73 Å². The monoisotopic (exact) mass is 242 g/mol. The second-order valence-corrected chi connectivity index (χ2v) is 5.24. The fourth-order valence-electron chi connectivity index (χ4n) is 2.42. The zero-order chi connectivity index (χ0) is 12.7. The minimum Gasteiger partial charge on any atom is -0.390 e. The van der Waals surface area contributed by atoms with E-state index in [1.54, 1.807) is 0 Å². The van der Waals surface area contributed by atoms with Crippen molar-refractivity contribution in [1.82, 2.24) is 4.90 Å². The van der Waals surface area contributed by atoms with E-state index < -0.39 is 5.60 Å². The third kappa shape index (κ3) is 5.50. The Morgan fingerprint density at radius 1 is 1.35 bits per heavy atom. The molecular weight excluding hydrogens is 216 g/mol. The highest BCUT2D eigenvalue weighted by molar-refractivity contribution is 5.73. The molecule has 1 heterocycles. The van der Waals surface area contributed by atoms with Crippen molar-refractivity contribution >= 4 is 5.91 Å². The van der Waals surface area contributed by atoms with Gasteiger partial charge in [0.25, 0.3) is 0 Å². The lowest BCUT2D eigenvalue weighted by Crippen LogP contribution is -2.45. The van der Waals surface area contributed by atoms with Gasteiger partial charge in [-0.05, 0) is 19.3 Å². The van der Waals surface area contributed by atoms with E-state index in [9.17, 15) is 9.90 Å². The van der Waals surface area contributed by atoms with E-state index in [1.165, 1.54) is 12.8 Å². The number of hydrogen-bond acceptors (Lipinski definition) is 3. The number of primary amides is 1. The molecule has 0 aromatic rings. The molecule has 0 aromatic heterocycles. The molecule has 100 valence electrons. The van der Waals surface area contributed by atoms with Crippen molar-refractivity contribution in [3.63, 3.8) is 0 Å². The molecule has 1 aliphatic heterocycles. The van der Waals surface area contributed by atoms with Crippen molar-refractivity contribution in [3.05, 3.63) is 0 Å². The Bertz CT molecular complexity index is 236. The molecule has 4 nitrogen and oxygen atoms in total. The Balaban J connectivity index is 2.21. The maximum atomic E-state index is 10.7. The number of nitrogens with zero attached hydrogens (tertiary/aromatic N) is 1.